The molecule has 1 amide bonds. The zero-order valence-electron chi connectivity index (χ0n) is 14.8. The molecule has 0 radical (unpaired) electrons. The van der Waals surface area contributed by atoms with Crippen molar-refractivity contribution in [2.24, 2.45) is 5.92 Å². The number of anilines is 1. The lowest BCUT2D eigenvalue weighted by Crippen LogP contribution is -2.41. The largest absolute Gasteiger partial charge is 0.326 e. The molecular formula is C19H20BrClN2O3S. The summed E-state index contributed by atoms with van der Waals surface area (Å²) in [5, 5.41) is 3.52. The zero-order valence-corrected chi connectivity index (χ0v) is 17.9. The van der Waals surface area contributed by atoms with Gasteiger partial charge in [0.1, 0.15) is 0 Å². The van der Waals surface area contributed by atoms with Crippen LogP contribution in [0.25, 0.3) is 0 Å². The highest BCUT2D eigenvalue weighted by molar-refractivity contribution is 9.10. The lowest BCUT2D eigenvalue weighted by molar-refractivity contribution is -0.120. The predicted molar refractivity (Wildman–Crippen MR) is 110 cm³/mol. The molecule has 0 bridgehead atoms. The van der Waals surface area contributed by atoms with Gasteiger partial charge in [0.15, 0.2) is 0 Å². The van der Waals surface area contributed by atoms with E-state index in [0.717, 1.165) is 10.0 Å². The maximum atomic E-state index is 12.7. The fourth-order valence-electron chi connectivity index (χ4n) is 3.09. The molecule has 0 unspecified atom stereocenters. The van der Waals surface area contributed by atoms with E-state index in [4.69, 9.17) is 11.6 Å². The summed E-state index contributed by atoms with van der Waals surface area (Å²) in [4.78, 5) is 12.8. The quantitative estimate of drug-likeness (QED) is 0.716. The molecule has 0 aliphatic carbocycles. The molecule has 0 atom stereocenters. The van der Waals surface area contributed by atoms with Gasteiger partial charge < -0.3 is 5.32 Å². The number of carbonyl (C=O) groups excluding carboxylic acids is 1. The van der Waals surface area contributed by atoms with Gasteiger partial charge in [-0.15, -0.1) is 0 Å². The summed E-state index contributed by atoms with van der Waals surface area (Å²) < 4.78 is 27.8. The van der Waals surface area contributed by atoms with Crippen LogP contribution in [0.5, 0.6) is 0 Å². The molecule has 144 valence electrons. The van der Waals surface area contributed by atoms with Crippen molar-refractivity contribution in [1.29, 1.82) is 0 Å². The molecule has 1 N–H and O–H groups in total. The lowest BCUT2D eigenvalue weighted by atomic mass is 9.97. The van der Waals surface area contributed by atoms with Crippen LogP contribution in [0.2, 0.25) is 5.02 Å². The van der Waals surface area contributed by atoms with Crippen molar-refractivity contribution in [2.45, 2.75) is 24.7 Å². The van der Waals surface area contributed by atoms with Crippen molar-refractivity contribution < 1.29 is 13.2 Å². The first-order valence-corrected chi connectivity index (χ1v) is 11.2. The molecule has 2 aromatic carbocycles. The smallest absolute Gasteiger partial charge is 0.243 e. The van der Waals surface area contributed by atoms with Crippen LogP contribution in [-0.2, 0) is 14.8 Å². The van der Waals surface area contributed by atoms with Crippen LogP contribution in [-0.4, -0.2) is 31.7 Å². The van der Waals surface area contributed by atoms with Gasteiger partial charge in [0.05, 0.1) is 4.90 Å². The number of carbonyl (C=O) groups is 1. The summed E-state index contributed by atoms with van der Waals surface area (Å²) in [5.74, 6) is -0.319. The molecule has 1 heterocycles. The number of hydrogen-bond donors (Lipinski definition) is 1. The number of hydrogen-bond acceptors (Lipinski definition) is 3. The number of piperidine rings is 1. The van der Waals surface area contributed by atoms with E-state index < -0.39 is 10.0 Å². The minimum atomic E-state index is -3.54. The second kappa shape index (κ2) is 8.31. The van der Waals surface area contributed by atoms with Crippen molar-refractivity contribution in [3.05, 3.63) is 57.5 Å². The van der Waals surface area contributed by atoms with Crippen molar-refractivity contribution in [2.75, 3.05) is 18.4 Å². The van der Waals surface area contributed by atoms with Crippen molar-refractivity contribution in [1.82, 2.24) is 4.31 Å². The highest BCUT2D eigenvalue weighted by Gasteiger charge is 2.32. The topological polar surface area (TPSA) is 66.5 Å². The molecule has 27 heavy (non-hydrogen) atoms. The fraction of sp³-hybridized carbons (Fsp3) is 0.316. The Balaban J connectivity index is 1.63. The lowest BCUT2D eigenvalue weighted by Gasteiger charge is -2.30. The first kappa shape index (κ1) is 20.3. The van der Waals surface area contributed by atoms with Gasteiger partial charge in [0.2, 0.25) is 15.9 Å². The number of rotatable bonds is 4. The van der Waals surface area contributed by atoms with Gasteiger partial charge >= 0.3 is 0 Å². The second-order valence-corrected chi connectivity index (χ2v) is 9.79. The Morgan fingerprint density at radius 1 is 1.15 bits per heavy atom. The minimum Gasteiger partial charge on any atom is -0.326 e. The Labute approximate surface area is 172 Å². The monoisotopic (exact) mass is 470 g/mol. The minimum absolute atomic E-state index is 0.0962. The third-order valence-electron chi connectivity index (χ3n) is 4.80. The Kier molecular flexibility index (Phi) is 6.25. The number of nitrogens with zero attached hydrogens (tertiary/aromatic N) is 1. The molecule has 0 aromatic heterocycles. The van der Waals surface area contributed by atoms with Crippen LogP contribution < -0.4 is 5.32 Å². The molecule has 0 saturated carbocycles. The molecule has 1 fully saturated rings. The number of sulfonamides is 1. The van der Waals surface area contributed by atoms with E-state index in [1.54, 1.807) is 36.4 Å². The molecule has 1 aliphatic heterocycles. The van der Waals surface area contributed by atoms with Gasteiger partial charge in [0, 0.05) is 34.2 Å². The number of benzene rings is 2. The second-order valence-electron chi connectivity index (χ2n) is 6.53. The van der Waals surface area contributed by atoms with Gasteiger partial charge in [-0.25, -0.2) is 8.42 Å². The first-order valence-electron chi connectivity index (χ1n) is 8.61. The Morgan fingerprint density at radius 3 is 2.41 bits per heavy atom. The first-order chi connectivity index (χ1) is 12.8. The molecule has 5 nitrogen and oxygen atoms in total. The summed E-state index contributed by atoms with van der Waals surface area (Å²) in [6.07, 6.45) is 0.975. The average Bonchev–Trinajstić information content (AvgIpc) is 2.66. The molecule has 1 aliphatic rings. The standard InChI is InChI=1S/C19H20BrClN2O3S/c1-13-17(21)3-2-4-18(13)22-19(24)14-9-11-23(12-10-14)27(25,26)16-7-5-15(20)6-8-16/h2-8,14H,9-12H2,1H3,(H,22,24). The Morgan fingerprint density at radius 2 is 1.78 bits per heavy atom. The van der Waals surface area contributed by atoms with E-state index in [-0.39, 0.29) is 16.7 Å². The van der Waals surface area contributed by atoms with E-state index in [1.807, 2.05) is 13.0 Å². The van der Waals surface area contributed by atoms with Crippen LogP contribution in [0, 0.1) is 12.8 Å². The van der Waals surface area contributed by atoms with Crippen LogP contribution in [0.4, 0.5) is 5.69 Å². The van der Waals surface area contributed by atoms with Gasteiger partial charge in [-0.2, -0.15) is 4.31 Å². The summed E-state index contributed by atoms with van der Waals surface area (Å²) in [5.41, 5.74) is 1.51. The predicted octanol–water partition coefficient (Wildman–Crippen LogP) is 4.45. The van der Waals surface area contributed by atoms with Crippen LogP contribution >= 0.6 is 27.5 Å². The molecule has 1 saturated heterocycles. The SMILES string of the molecule is Cc1c(Cl)cccc1NC(=O)C1CCN(S(=O)(=O)c2ccc(Br)cc2)CC1. The van der Waals surface area contributed by atoms with Gasteiger partial charge in [-0.05, 0) is 61.7 Å². The van der Waals surface area contributed by atoms with Crippen molar-refractivity contribution in [3.63, 3.8) is 0 Å². The number of nitrogens with one attached hydrogen (secondary N) is 1. The third-order valence-corrected chi connectivity index (χ3v) is 7.65. The number of amides is 1. The van der Waals surface area contributed by atoms with Crippen LogP contribution in [0.15, 0.2) is 51.8 Å². The maximum absolute atomic E-state index is 12.7. The van der Waals surface area contributed by atoms with Gasteiger partial charge in [-0.3, -0.25) is 4.79 Å². The highest BCUT2D eigenvalue weighted by atomic mass is 79.9. The Bertz CT molecular complexity index is 940. The summed E-state index contributed by atoms with van der Waals surface area (Å²) in [7, 11) is -3.54. The van der Waals surface area contributed by atoms with Crippen LogP contribution in [0.1, 0.15) is 18.4 Å². The zero-order chi connectivity index (χ0) is 19.6. The van der Waals surface area contributed by atoms with E-state index in [1.165, 1.54) is 4.31 Å². The van der Waals surface area contributed by atoms with Gasteiger partial charge in [0.25, 0.3) is 0 Å². The highest BCUT2D eigenvalue weighted by Crippen LogP contribution is 2.27. The molecular weight excluding hydrogens is 452 g/mol. The van der Waals surface area contributed by atoms with Gasteiger partial charge in [-0.1, -0.05) is 33.6 Å². The van der Waals surface area contributed by atoms with E-state index >= 15 is 0 Å². The third kappa shape index (κ3) is 4.54. The summed E-state index contributed by atoms with van der Waals surface area (Å²) in [6.45, 7) is 2.50. The van der Waals surface area contributed by atoms with Crippen molar-refractivity contribution >= 4 is 49.1 Å². The van der Waals surface area contributed by atoms with Crippen LogP contribution in [0.3, 0.4) is 0 Å². The molecule has 0 spiro atoms. The summed E-state index contributed by atoms with van der Waals surface area (Å²) in [6, 6.07) is 12.0. The normalized spacial score (nSPS) is 16.3. The van der Waals surface area contributed by atoms with E-state index in [2.05, 4.69) is 21.2 Å². The maximum Gasteiger partial charge on any atom is 0.243 e. The van der Waals surface area contributed by atoms with E-state index in [9.17, 15) is 13.2 Å². The summed E-state index contributed by atoms with van der Waals surface area (Å²) >= 11 is 9.40. The number of halogens is 2. The molecule has 8 heteroatoms. The average molecular weight is 472 g/mol. The Hall–Kier alpha value is -1.41. The van der Waals surface area contributed by atoms with E-state index in [0.29, 0.717) is 36.6 Å². The fourth-order valence-corrected chi connectivity index (χ4v) is 5.00. The van der Waals surface area contributed by atoms with Crippen molar-refractivity contribution in [3.8, 4) is 0 Å². The molecule has 3 rings (SSSR count). The molecule has 2 aromatic rings.